The third kappa shape index (κ3) is 3.18. The molecule has 0 unspecified atom stereocenters. The van der Waals surface area contributed by atoms with Gasteiger partial charge in [-0.2, -0.15) is 0 Å². The van der Waals surface area contributed by atoms with Crippen molar-refractivity contribution in [3.8, 4) is 0 Å². The molecule has 0 radical (unpaired) electrons. The molecule has 3 nitrogen and oxygen atoms in total. The number of fused-ring (bicyclic) bond motifs is 1. The molecule has 25 heavy (non-hydrogen) atoms. The molecular formula is C22H22N3+. The number of hydrogen-bond acceptors (Lipinski definition) is 1. The number of nitrogens with zero attached hydrogens (tertiary/aromatic N) is 3. The van der Waals surface area contributed by atoms with E-state index in [0.29, 0.717) is 0 Å². The summed E-state index contributed by atoms with van der Waals surface area (Å²) < 4.78 is 4.22. The monoisotopic (exact) mass is 328 g/mol. The molecule has 3 heteroatoms. The molecule has 0 N–H and O–H groups in total. The first-order chi connectivity index (χ1) is 12.2. The lowest BCUT2D eigenvalue weighted by Gasteiger charge is -1.99. The van der Waals surface area contributed by atoms with Crippen LogP contribution >= 0.6 is 0 Å². The molecule has 0 aliphatic rings. The van der Waals surface area contributed by atoms with Crippen LogP contribution in [0.4, 0.5) is 0 Å². The highest BCUT2D eigenvalue weighted by atomic mass is 15.5. The van der Waals surface area contributed by atoms with E-state index in [2.05, 4.69) is 83.9 Å². The molecule has 0 amide bonds. The standard InChI is InChI=1S/C22H22N3/c1-17-13-21-22(14-18(17)2)25(16-20-11-7-4-8-12-20)23-24(21)15-19-9-5-3-6-10-19/h3-14H,15-16H2,1-2H3/q+1. The van der Waals surface area contributed by atoms with E-state index in [0.717, 1.165) is 13.1 Å². The van der Waals surface area contributed by atoms with Gasteiger partial charge in [0.15, 0.2) is 11.0 Å². The molecule has 4 rings (SSSR count). The summed E-state index contributed by atoms with van der Waals surface area (Å²) in [6.07, 6.45) is 0. The van der Waals surface area contributed by atoms with Crippen molar-refractivity contribution >= 4 is 11.0 Å². The average molecular weight is 328 g/mol. The zero-order valence-corrected chi connectivity index (χ0v) is 14.7. The molecule has 3 aromatic carbocycles. The van der Waals surface area contributed by atoms with Gasteiger partial charge in [0.1, 0.15) is 13.1 Å². The van der Waals surface area contributed by atoms with E-state index in [-0.39, 0.29) is 0 Å². The Balaban J connectivity index is 1.81. The van der Waals surface area contributed by atoms with Crippen molar-refractivity contribution < 1.29 is 4.68 Å². The van der Waals surface area contributed by atoms with Crippen molar-refractivity contribution in [2.45, 2.75) is 26.9 Å². The lowest BCUT2D eigenvalue weighted by atomic mass is 10.1. The largest absolute Gasteiger partial charge is 0.198 e. The molecule has 0 saturated carbocycles. The Morgan fingerprint density at radius 3 is 2.08 bits per heavy atom. The first-order valence-electron chi connectivity index (χ1n) is 8.66. The Morgan fingerprint density at radius 2 is 1.40 bits per heavy atom. The molecule has 0 saturated heterocycles. The fourth-order valence-electron chi connectivity index (χ4n) is 3.17. The van der Waals surface area contributed by atoms with Crippen LogP contribution in [0.1, 0.15) is 22.3 Å². The highest BCUT2D eigenvalue weighted by Gasteiger charge is 2.19. The van der Waals surface area contributed by atoms with Gasteiger partial charge in [-0.1, -0.05) is 60.7 Å². The van der Waals surface area contributed by atoms with E-state index in [1.807, 2.05) is 12.1 Å². The Bertz CT molecular complexity index is 920. The maximum Gasteiger partial charge on any atom is 0.198 e. The van der Waals surface area contributed by atoms with E-state index >= 15 is 0 Å². The molecule has 1 heterocycles. The second kappa shape index (κ2) is 6.52. The summed E-state index contributed by atoms with van der Waals surface area (Å²) in [7, 11) is 0. The Morgan fingerprint density at radius 1 is 0.800 bits per heavy atom. The fourth-order valence-corrected chi connectivity index (χ4v) is 3.17. The SMILES string of the molecule is Cc1cc2c(cc1C)[n+](Cc1ccccc1)nn2Cc1ccccc1. The third-order valence-electron chi connectivity index (χ3n) is 4.71. The van der Waals surface area contributed by atoms with Gasteiger partial charge in [-0.3, -0.25) is 0 Å². The molecule has 0 aliphatic heterocycles. The number of benzene rings is 3. The number of hydrogen-bond donors (Lipinski definition) is 0. The van der Waals surface area contributed by atoms with Gasteiger partial charge in [0.05, 0.1) is 5.21 Å². The fraction of sp³-hybridized carbons (Fsp3) is 0.182. The van der Waals surface area contributed by atoms with Gasteiger partial charge in [-0.15, -0.1) is 9.36 Å². The highest BCUT2D eigenvalue weighted by Crippen LogP contribution is 2.18. The van der Waals surface area contributed by atoms with Crippen LogP contribution in [0.5, 0.6) is 0 Å². The lowest BCUT2D eigenvalue weighted by Crippen LogP contribution is -2.37. The summed E-state index contributed by atoms with van der Waals surface area (Å²) in [4.78, 5) is 0. The normalized spacial score (nSPS) is 11.1. The van der Waals surface area contributed by atoms with E-state index in [1.54, 1.807) is 0 Å². The van der Waals surface area contributed by atoms with Crippen LogP contribution in [0, 0.1) is 13.8 Å². The zero-order valence-electron chi connectivity index (χ0n) is 14.7. The van der Waals surface area contributed by atoms with Gasteiger partial charge < -0.3 is 0 Å². The molecule has 124 valence electrons. The number of rotatable bonds is 4. The van der Waals surface area contributed by atoms with E-state index in [1.165, 1.54) is 33.3 Å². The predicted octanol–water partition coefficient (Wildman–Crippen LogP) is 4.04. The lowest BCUT2D eigenvalue weighted by molar-refractivity contribution is -0.724. The maximum absolute atomic E-state index is 4.90. The van der Waals surface area contributed by atoms with E-state index < -0.39 is 0 Å². The maximum atomic E-state index is 4.90. The minimum absolute atomic E-state index is 0.779. The first kappa shape index (κ1) is 15.6. The van der Waals surface area contributed by atoms with Crippen LogP contribution in [0.2, 0.25) is 0 Å². The van der Waals surface area contributed by atoms with E-state index in [4.69, 9.17) is 5.21 Å². The highest BCUT2D eigenvalue weighted by molar-refractivity contribution is 5.73. The van der Waals surface area contributed by atoms with Gasteiger partial charge >= 0.3 is 0 Å². The molecule has 1 aromatic heterocycles. The predicted molar refractivity (Wildman–Crippen MR) is 100 cm³/mol. The number of aromatic nitrogens is 3. The van der Waals surface area contributed by atoms with Gasteiger partial charge in [0.25, 0.3) is 0 Å². The van der Waals surface area contributed by atoms with E-state index in [9.17, 15) is 0 Å². The first-order valence-corrected chi connectivity index (χ1v) is 8.66. The molecule has 0 bridgehead atoms. The van der Waals surface area contributed by atoms with Crippen molar-refractivity contribution in [1.82, 2.24) is 9.90 Å². The quantitative estimate of drug-likeness (QED) is 0.518. The molecule has 0 spiro atoms. The summed E-state index contributed by atoms with van der Waals surface area (Å²) in [6, 6.07) is 25.5. The molecule has 0 atom stereocenters. The molecular weight excluding hydrogens is 306 g/mol. The van der Waals surface area contributed by atoms with Gasteiger partial charge in [-0.25, -0.2) is 0 Å². The van der Waals surface area contributed by atoms with Crippen molar-refractivity contribution in [2.24, 2.45) is 0 Å². The average Bonchev–Trinajstić information content (AvgIpc) is 2.94. The van der Waals surface area contributed by atoms with Gasteiger partial charge in [0, 0.05) is 0 Å². The van der Waals surface area contributed by atoms with Crippen LogP contribution in [0.25, 0.3) is 11.0 Å². The number of aryl methyl sites for hydroxylation is 2. The van der Waals surface area contributed by atoms with Gasteiger partial charge in [-0.05, 0) is 48.2 Å². The van der Waals surface area contributed by atoms with Crippen molar-refractivity contribution in [1.29, 1.82) is 0 Å². The summed E-state index contributed by atoms with van der Waals surface area (Å²) >= 11 is 0. The van der Waals surface area contributed by atoms with Crippen LogP contribution in [0.3, 0.4) is 0 Å². The Hall–Kier alpha value is -2.94. The molecule has 0 fully saturated rings. The van der Waals surface area contributed by atoms with Crippen LogP contribution < -0.4 is 4.68 Å². The van der Waals surface area contributed by atoms with Crippen LogP contribution in [0.15, 0.2) is 72.8 Å². The summed E-state index contributed by atoms with van der Waals surface area (Å²) in [5.41, 5.74) is 7.49. The van der Waals surface area contributed by atoms with Gasteiger partial charge in [0.2, 0.25) is 0 Å². The summed E-state index contributed by atoms with van der Waals surface area (Å²) in [5.74, 6) is 0. The second-order valence-corrected chi connectivity index (χ2v) is 6.60. The van der Waals surface area contributed by atoms with Crippen molar-refractivity contribution in [2.75, 3.05) is 0 Å². The minimum Gasteiger partial charge on any atom is -0.125 e. The molecule has 4 aromatic rings. The van der Waals surface area contributed by atoms with Crippen LogP contribution in [-0.4, -0.2) is 9.90 Å². The Labute approximate surface area is 148 Å². The topological polar surface area (TPSA) is 21.7 Å². The molecule has 0 aliphatic carbocycles. The smallest absolute Gasteiger partial charge is 0.125 e. The van der Waals surface area contributed by atoms with Crippen molar-refractivity contribution in [3.63, 3.8) is 0 Å². The Kier molecular flexibility index (Phi) is 4.06. The third-order valence-corrected chi connectivity index (χ3v) is 4.71. The minimum atomic E-state index is 0.779. The summed E-state index contributed by atoms with van der Waals surface area (Å²) in [5, 5.41) is 4.90. The second-order valence-electron chi connectivity index (χ2n) is 6.60. The zero-order chi connectivity index (χ0) is 17.2. The van der Waals surface area contributed by atoms with Crippen LogP contribution in [-0.2, 0) is 13.1 Å². The summed E-state index contributed by atoms with van der Waals surface area (Å²) in [6.45, 7) is 5.88. The van der Waals surface area contributed by atoms with Crippen molar-refractivity contribution in [3.05, 3.63) is 95.1 Å².